The number of halogens is 2. The average molecular weight is 562 g/mol. The fraction of sp³-hybridized carbons (Fsp3) is 0.346. The van der Waals surface area contributed by atoms with E-state index in [4.69, 9.17) is 17.3 Å². The van der Waals surface area contributed by atoms with Gasteiger partial charge in [-0.15, -0.1) is 0 Å². The number of carbonyl (C=O) groups excluding carboxylic acids is 1. The van der Waals surface area contributed by atoms with E-state index in [1.54, 1.807) is 36.5 Å². The van der Waals surface area contributed by atoms with Crippen LogP contribution in [0.1, 0.15) is 59.3 Å². The number of sulfonamides is 1. The van der Waals surface area contributed by atoms with Crippen molar-refractivity contribution in [2.24, 2.45) is 0 Å². The van der Waals surface area contributed by atoms with Gasteiger partial charge in [0, 0.05) is 22.5 Å². The zero-order valence-electron chi connectivity index (χ0n) is 20.7. The van der Waals surface area contributed by atoms with Gasteiger partial charge in [0.25, 0.3) is 5.91 Å². The van der Waals surface area contributed by atoms with E-state index >= 15 is 4.39 Å². The van der Waals surface area contributed by atoms with E-state index in [9.17, 15) is 18.3 Å². The number of hydrogen-bond acceptors (Lipinski definition) is 7. The van der Waals surface area contributed by atoms with E-state index in [2.05, 4.69) is 20.0 Å². The Morgan fingerprint density at radius 3 is 2.58 bits per heavy atom. The van der Waals surface area contributed by atoms with Gasteiger partial charge >= 0.3 is 0 Å². The van der Waals surface area contributed by atoms with Gasteiger partial charge in [-0.05, 0) is 55.5 Å². The molecule has 0 bridgehead atoms. The first kappa shape index (κ1) is 27.9. The van der Waals surface area contributed by atoms with Crippen LogP contribution >= 0.6 is 11.6 Å². The number of nitrogen functional groups attached to an aromatic ring is 1. The topological polar surface area (TPSA) is 147 Å². The minimum Gasteiger partial charge on any atom is -0.394 e. The lowest BCUT2D eigenvalue weighted by Gasteiger charge is -2.28. The molecule has 2 aromatic carbocycles. The molecular formula is C26H29ClFN5O4S. The van der Waals surface area contributed by atoms with Crippen LogP contribution < -0.4 is 15.8 Å². The molecule has 1 aromatic heterocycles. The van der Waals surface area contributed by atoms with Crippen LogP contribution in [0, 0.1) is 5.82 Å². The average Bonchev–Trinajstić information content (AvgIpc) is 2.87. The second-order valence-corrected chi connectivity index (χ2v) is 11.6. The lowest BCUT2D eigenvalue weighted by atomic mass is 9.84. The van der Waals surface area contributed by atoms with Gasteiger partial charge in [0.1, 0.15) is 17.3 Å². The molecular weight excluding hydrogens is 533 g/mol. The smallest absolute Gasteiger partial charge is 0.254 e. The molecule has 5 N–H and O–H groups in total. The van der Waals surface area contributed by atoms with Crippen LogP contribution in [0.4, 0.5) is 10.2 Å². The minimum absolute atomic E-state index is 0.0660. The Balaban J connectivity index is 1.50. The van der Waals surface area contributed by atoms with Crippen LogP contribution in [0.15, 0.2) is 48.7 Å². The van der Waals surface area contributed by atoms with Gasteiger partial charge in [0.2, 0.25) is 10.0 Å². The molecule has 1 atom stereocenters. The van der Waals surface area contributed by atoms with Crippen LogP contribution in [0.3, 0.4) is 0 Å². The second-order valence-electron chi connectivity index (χ2n) is 9.43. The number of aliphatic hydroxyl groups excluding tert-OH is 1. The normalized spacial score (nSPS) is 18.6. The predicted octanol–water partition coefficient (Wildman–Crippen LogP) is 3.56. The maximum atomic E-state index is 15.1. The summed E-state index contributed by atoms with van der Waals surface area (Å²) in [6.45, 7) is -0.392. The number of nitrogens with zero attached hydrogens (tertiary/aromatic N) is 2. The van der Waals surface area contributed by atoms with Crippen molar-refractivity contribution in [3.05, 3.63) is 76.3 Å². The molecule has 1 saturated carbocycles. The van der Waals surface area contributed by atoms with Gasteiger partial charge < -0.3 is 16.2 Å². The van der Waals surface area contributed by atoms with Crippen LogP contribution in [-0.4, -0.2) is 48.3 Å². The largest absolute Gasteiger partial charge is 0.394 e. The van der Waals surface area contributed by atoms with E-state index in [-0.39, 0.29) is 23.3 Å². The SMILES string of the molecule is CS(=O)(=O)N[C@H]1CC[C@H](c2cnc(N)c(-c3ccc(C(=O)N[C@H](CO)c4cccc(Cl)c4)c(F)c3)n2)CC1. The van der Waals surface area contributed by atoms with Crippen LogP contribution in [-0.2, 0) is 10.0 Å². The monoisotopic (exact) mass is 561 g/mol. The molecule has 12 heteroatoms. The molecule has 1 amide bonds. The lowest BCUT2D eigenvalue weighted by Crippen LogP contribution is -2.36. The molecule has 3 aromatic rings. The van der Waals surface area contributed by atoms with E-state index < -0.39 is 34.4 Å². The highest BCUT2D eigenvalue weighted by molar-refractivity contribution is 7.88. The van der Waals surface area contributed by atoms with E-state index in [0.717, 1.165) is 19.1 Å². The summed E-state index contributed by atoms with van der Waals surface area (Å²) in [5, 5.41) is 12.8. The first-order valence-corrected chi connectivity index (χ1v) is 14.4. The van der Waals surface area contributed by atoms with Gasteiger partial charge in [0.15, 0.2) is 0 Å². The third-order valence-electron chi connectivity index (χ3n) is 6.57. The van der Waals surface area contributed by atoms with Crippen molar-refractivity contribution in [1.29, 1.82) is 0 Å². The molecule has 0 saturated heterocycles. The molecule has 0 unspecified atom stereocenters. The quantitative estimate of drug-likeness (QED) is 0.329. The summed E-state index contributed by atoms with van der Waals surface area (Å²) >= 11 is 6.00. The number of anilines is 1. The van der Waals surface area contributed by atoms with Crippen LogP contribution in [0.2, 0.25) is 5.02 Å². The molecule has 202 valence electrons. The third-order valence-corrected chi connectivity index (χ3v) is 7.57. The van der Waals surface area contributed by atoms with Crippen molar-refractivity contribution < 1.29 is 22.7 Å². The summed E-state index contributed by atoms with van der Waals surface area (Å²) in [4.78, 5) is 21.7. The molecule has 1 heterocycles. The summed E-state index contributed by atoms with van der Waals surface area (Å²) < 4.78 is 40.7. The van der Waals surface area contributed by atoms with Crippen molar-refractivity contribution in [3.63, 3.8) is 0 Å². The standard InChI is InChI=1S/C26H29ClFN5O4S/c1-38(36,37)33-19-8-5-15(6-9-19)22-13-30-25(29)24(31-22)17-7-10-20(21(28)12-17)26(35)32-23(14-34)16-3-2-4-18(27)11-16/h2-4,7,10-13,15,19,23,33-34H,5-6,8-9,14H2,1H3,(H2,29,30)(H,32,35)/t15-,19-,23-/m1/s1. The number of amides is 1. The molecule has 0 aliphatic heterocycles. The van der Waals surface area contributed by atoms with Crippen molar-refractivity contribution >= 4 is 33.3 Å². The third kappa shape index (κ3) is 6.84. The summed E-state index contributed by atoms with van der Waals surface area (Å²) in [6.07, 6.45) is 5.52. The van der Waals surface area contributed by atoms with Crippen molar-refractivity contribution in [1.82, 2.24) is 20.0 Å². The minimum atomic E-state index is -3.27. The van der Waals surface area contributed by atoms with Gasteiger partial charge in [-0.1, -0.05) is 29.8 Å². The van der Waals surface area contributed by atoms with Gasteiger partial charge in [-0.3, -0.25) is 4.79 Å². The van der Waals surface area contributed by atoms with E-state index in [0.29, 0.717) is 40.4 Å². The number of aromatic nitrogens is 2. The molecule has 1 fully saturated rings. The Hall–Kier alpha value is -3.12. The molecule has 38 heavy (non-hydrogen) atoms. The number of nitrogens with one attached hydrogen (secondary N) is 2. The molecule has 1 aliphatic carbocycles. The van der Waals surface area contributed by atoms with Gasteiger partial charge in [0.05, 0.1) is 36.4 Å². The zero-order valence-corrected chi connectivity index (χ0v) is 22.3. The number of hydrogen-bond donors (Lipinski definition) is 4. The maximum absolute atomic E-state index is 15.1. The molecule has 1 aliphatic rings. The summed E-state index contributed by atoms with van der Waals surface area (Å²) in [5.41, 5.74) is 7.82. The highest BCUT2D eigenvalue weighted by Gasteiger charge is 2.26. The summed E-state index contributed by atoms with van der Waals surface area (Å²) in [6, 6.07) is 9.87. The summed E-state index contributed by atoms with van der Waals surface area (Å²) in [7, 11) is -3.27. The Labute approximate surface area is 225 Å². The van der Waals surface area contributed by atoms with E-state index in [1.165, 1.54) is 12.1 Å². The Kier molecular flexibility index (Phi) is 8.61. The molecule has 0 spiro atoms. The van der Waals surface area contributed by atoms with Crippen LogP contribution in [0.25, 0.3) is 11.3 Å². The first-order chi connectivity index (χ1) is 18.0. The van der Waals surface area contributed by atoms with Crippen LogP contribution in [0.5, 0.6) is 0 Å². The second kappa shape index (κ2) is 11.7. The fourth-order valence-electron chi connectivity index (χ4n) is 4.67. The van der Waals surface area contributed by atoms with E-state index in [1.807, 2.05) is 0 Å². The summed E-state index contributed by atoms with van der Waals surface area (Å²) in [5.74, 6) is -1.28. The highest BCUT2D eigenvalue weighted by atomic mass is 35.5. The Bertz CT molecular complexity index is 1430. The Morgan fingerprint density at radius 2 is 1.95 bits per heavy atom. The molecule has 4 rings (SSSR count). The maximum Gasteiger partial charge on any atom is 0.254 e. The Morgan fingerprint density at radius 1 is 1.21 bits per heavy atom. The number of nitrogens with two attached hydrogens (primary N) is 1. The number of aliphatic hydroxyl groups is 1. The number of carbonyl (C=O) groups is 1. The number of rotatable bonds is 8. The molecule has 9 nitrogen and oxygen atoms in total. The van der Waals surface area contributed by atoms with Gasteiger partial charge in [-0.25, -0.2) is 27.5 Å². The first-order valence-electron chi connectivity index (χ1n) is 12.1. The predicted molar refractivity (Wildman–Crippen MR) is 144 cm³/mol. The van der Waals surface area contributed by atoms with Gasteiger partial charge in [-0.2, -0.15) is 0 Å². The number of benzene rings is 2. The van der Waals surface area contributed by atoms with Crippen molar-refractivity contribution in [3.8, 4) is 11.3 Å². The lowest BCUT2D eigenvalue weighted by molar-refractivity contribution is 0.0912. The van der Waals surface area contributed by atoms with Crippen molar-refractivity contribution in [2.45, 2.75) is 43.7 Å². The highest BCUT2D eigenvalue weighted by Crippen LogP contribution is 2.34. The molecule has 0 radical (unpaired) electrons. The van der Waals surface area contributed by atoms with Crippen molar-refractivity contribution in [2.75, 3.05) is 18.6 Å². The zero-order chi connectivity index (χ0) is 27.4. The fourth-order valence-corrected chi connectivity index (χ4v) is 5.71.